The zero-order valence-corrected chi connectivity index (χ0v) is 18.9. The maximum Gasteiger partial charge on any atom is 0.264 e. The summed E-state index contributed by atoms with van der Waals surface area (Å²) in [6.45, 7) is 1.88. The number of nitrogens with zero attached hydrogens (tertiary/aromatic N) is 4. The number of anilines is 1. The first-order chi connectivity index (χ1) is 16.5. The zero-order chi connectivity index (χ0) is 23.8. The maximum atomic E-state index is 13.6. The second kappa shape index (κ2) is 8.58. The van der Waals surface area contributed by atoms with Crippen LogP contribution in [0.1, 0.15) is 34.7 Å². The number of hydrogen-bond acceptors (Lipinski definition) is 6. The van der Waals surface area contributed by atoms with Crippen LogP contribution in [0.25, 0.3) is 16.5 Å². The van der Waals surface area contributed by atoms with Gasteiger partial charge in [0.1, 0.15) is 18.2 Å². The number of rotatable bonds is 4. The SMILES string of the molecule is CC(Nc1ncnc2c1C(=O)C(C#N)=CC2)c1cc2cccc(Cl)c2c(=O)n1-c1ccccc1. The molecule has 2 aromatic heterocycles. The van der Waals surface area contributed by atoms with Gasteiger partial charge < -0.3 is 5.32 Å². The number of ketones is 1. The Kier molecular flexibility index (Phi) is 5.44. The molecule has 0 saturated heterocycles. The summed E-state index contributed by atoms with van der Waals surface area (Å²) in [5.74, 6) is -0.0913. The molecule has 34 heavy (non-hydrogen) atoms. The van der Waals surface area contributed by atoms with Crippen LogP contribution >= 0.6 is 11.6 Å². The van der Waals surface area contributed by atoms with E-state index in [1.165, 1.54) is 6.33 Å². The second-order valence-corrected chi connectivity index (χ2v) is 8.33. The Labute approximate surface area is 200 Å². The van der Waals surface area contributed by atoms with E-state index in [-0.39, 0.29) is 16.7 Å². The van der Waals surface area contributed by atoms with Gasteiger partial charge in [-0.3, -0.25) is 14.2 Å². The van der Waals surface area contributed by atoms with Crippen molar-refractivity contribution < 1.29 is 4.79 Å². The highest BCUT2D eigenvalue weighted by molar-refractivity contribution is 6.35. The number of carbonyl (C=O) groups is 1. The van der Waals surface area contributed by atoms with Crippen molar-refractivity contribution >= 4 is 34.0 Å². The number of Topliss-reactive ketones (excluding diaryl/α,β-unsaturated/α-hetero) is 1. The summed E-state index contributed by atoms with van der Waals surface area (Å²) >= 11 is 6.39. The summed E-state index contributed by atoms with van der Waals surface area (Å²) in [6.07, 6.45) is 3.33. The van der Waals surface area contributed by atoms with Crippen LogP contribution in [-0.4, -0.2) is 20.3 Å². The van der Waals surface area contributed by atoms with Gasteiger partial charge in [-0.25, -0.2) is 9.97 Å². The van der Waals surface area contributed by atoms with Crippen LogP contribution in [0.15, 0.2) is 77.4 Å². The summed E-state index contributed by atoms with van der Waals surface area (Å²) in [6, 6.07) is 18.0. The molecule has 4 aromatic rings. The fraction of sp³-hybridized carbons (Fsp3) is 0.115. The molecule has 1 aliphatic carbocycles. The van der Waals surface area contributed by atoms with Crippen LogP contribution in [0.2, 0.25) is 5.02 Å². The number of halogens is 1. The van der Waals surface area contributed by atoms with Gasteiger partial charge in [0.15, 0.2) is 0 Å². The van der Waals surface area contributed by atoms with Gasteiger partial charge in [0.05, 0.1) is 33.3 Å². The highest BCUT2D eigenvalue weighted by Gasteiger charge is 2.27. The predicted molar refractivity (Wildman–Crippen MR) is 130 cm³/mol. The number of para-hydroxylation sites is 1. The Morgan fingerprint density at radius 1 is 1.12 bits per heavy atom. The van der Waals surface area contributed by atoms with E-state index in [0.717, 1.165) is 0 Å². The molecule has 0 spiro atoms. The van der Waals surface area contributed by atoms with E-state index >= 15 is 0 Å². The van der Waals surface area contributed by atoms with Gasteiger partial charge in [0.2, 0.25) is 5.78 Å². The fourth-order valence-electron chi connectivity index (χ4n) is 4.23. The van der Waals surface area contributed by atoms with E-state index in [2.05, 4.69) is 15.3 Å². The number of aromatic nitrogens is 3. The van der Waals surface area contributed by atoms with Gasteiger partial charge in [-0.05, 0) is 36.6 Å². The zero-order valence-electron chi connectivity index (χ0n) is 18.1. The highest BCUT2D eigenvalue weighted by Crippen LogP contribution is 2.30. The second-order valence-electron chi connectivity index (χ2n) is 7.92. The van der Waals surface area contributed by atoms with Gasteiger partial charge >= 0.3 is 0 Å². The number of hydrogen-bond donors (Lipinski definition) is 1. The van der Waals surface area contributed by atoms with Gasteiger partial charge in [0.25, 0.3) is 5.56 Å². The number of carbonyl (C=O) groups excluding carboxylic acids is 1. The number of allylic oxidation sites excluding steroid dienone is 2. The van der Waals surface area contributed by atoms with E-state index in [9.17, 15) is 14.9 Å². The van der Waals surface area contributed by atoms with E-state index in [4.69, 9.17) is 11.6 Å². The minimum atomic E-state index is -0.431. The third-order valence-corrected chi connectivity index (χ3v) is 6.17. The Hall–Kier alpha value is -4.28. The molecule has 0 bridgehead atoms. The van der Waals surface area contributed by atoms with Crippen LogP contribution in [0.3, 0.4) is 0 Å². The van der Waals surface area contributed by atoms with Crippen LogP contribution < -0.4 is 10.9 Å². The lowest BCUT2D eigenvalue weighted by molar-refractivity contribution is 0.103. The molecule has 1 unspecified atom stereocenters. The lowest BCUT2D eigenvalue weighted by atomic mass is 9.94. The molecule has 8 heteroatoms. The molecule has 1 N–H and O–H groups in total. The van der Waals surface area contributed by atoms with E-state index in [1.807, 2.05) is 55.5 Å². The minimum absolute atomic E-state index is 0.0690. The first-order valence-electron chi connectivity index (χ1n) is 10.6. The molecule has 0 aliphatic heterocycles. The van der Waals surface area contributed by atoms with Gasteiger partial charge in [-0.2, -0.15) is 5.26 Å². The van der Waals surface area contributed by atoms with Gasteiger partial charge in [0, 0.05) is 17.8 Å². The normalized spacial score (nSPS) is 13.7. The monoisotopic (exact) mass is 467 g/mol. The Balaban J connectivity index is 1.67. The van der Waals surface area contributed by atoms with Crippen molar-refractivity contribution in [2.75, 3.05) is 5.32 Å². The highest BCUT2D eigenvalue weighted by atomic mass is 35.5. The quantitative estimate of drug-likeness (QED) is 0.463. The first-order valence-corrected chi connectivity index (χ1v) is 11.0. The molecular weight excluding hydrogens is 450 g/mol. The molecule has 2 heterocycles. The third-order valence-electron chi connectivity index (χ3n) is 5.85. The summed E-state index contributed by atoms with van der Waals surface area (Å²) in [4.78, 5) is 35.0. The lowest BCUT2D eigenvalue weighted by Gasteiger charge is -2.23. The Bertz CT molecular complexity index is 1590. The molecule has 0 radical (unpaired) electrons. The molecule has 2 aromatic carbocycles. The largest absolute Gasteiger partial charge is 0.361 e. The van der Waals surface area contributed by atoms with Crippen LogP contribution in [0.4, 0.5) is 5.82 Å². The number of pyridine rings is 1. The molecular formula is C26H18ClN5O2. The molecule has 1 atom stereocenters. The van der Waals surface area contributed by atoms with Crippen LogP contribution in [0, 0.1) is 11.3 Å². The maximum absolute atomic E-state index is 13.6. The van der Waals surface area contributed by atoms with E-state index in [0.29, 0.717) is 45.1 Å². The van der Waals surface area contributed by atoms with Crippen LogP contribution in [0.5, 0.6) is 0 Å². The van der Waals surface area contributed by atoms with Gasteiger partial charge in [-0.15, -0.1) is 0 Å². The predicted octanol–water partition coefficient (Wildman–Crippen LogP) is 4.80. The van der Waals surface area contributed by atoms with Gasteiger partial charge in [-0.1, -0.05) is 48.0 Å². The fourth-order valence-corrected chi connectivity index (χ4v) is 4.49. The average molecular weight is 468 g/mol. The topological polar surface area (TPSA) is 101 Å². The number of nitrogens with one attached hydrogen (secondary N) is 1. The summed E-state index contributed by atoms with van der Waals surface area (Å²) < 4.78 is 1.61. The van der Waals surface area contributed by atoms with Crippen molar-refractivity contribution in [3.63, 3.8) is 0 Å². The van der Waals surface area contributed by atoms with Crippen molar-refractivity contribution in [3.8, 4) is 11.8 Å². The first kappa shape index (κ1) is 21.6. The molecule has 166 valence electrons. The standard InChI is InChI=1S/C26H18ClN5O2/c1-15(31-25-23-20(29-14-30-25)11-10-17(13-28)24(23)33)21-12-16-6-5-9-19(27)22(16)26(34)32(21)18-7-3-2-4-8-18/h2-10,12,14-15H,11H2,1H3,(H,29,30,31). The summed E-state index contributed by atoms with van der Waals surface area (Å²) in [5.41, 5.74) is 2.02. The molecule has 0 amide bonds. The molecule has 7 nitrogen and oxygen atoms in total. The van der Waals surface area contributed by atoms with Crippen molar-refractivity contribution in [2.24, 2.45) is 0 Å². The molecule has 0 fully saturated rings. The summed E-state index contributed by atoms with van der Waals surface area (Å²) in [5, 5.41) is 14.1. The Morgan fingerprint density at radius 3 is 2.68 bits per heavy atom. The van der Waals surface area contributed by atoms with Crippen molar-refractivity contribution in [1.82, 2.24) is 14.5 Å². The minimum Gasteiger partial charge on any atom is -0.361 e. The smallest absolute Gasteiger partial charge is 0.264 e. The average Bonchev–Trinajstić information content (AvgIpc) is 2.84. The Morgan fingerprint density at radius 2 is 1.91 bits per heavy atom. The molecule has 0 saturated carbocycles. The van der Waals surface area contributed by atoms with Crippen LogP contribution in [-0.2, 0) is 6.42 Å². The number of nitriles is 1. The number of benzene rings is 2. The van der Waals surface area contributed by atoms with E-state index in [1.54, 1.807) is 22.8 Å². The van der Waals surface area contributed by atoms with Crippen molar-refractivity contribution in [1.29, 1.82) is 5.26 Å². The molecule has 5 rings (SSSR count). The van der Waals surface area contributed by atoms with Crippen molar-refractivity contribution in [3.05, 3.63) is 105 Å². The van der Waals surface area contributed by atoms with E-state index < -0.39 is 11.8 Å². The third kappa shape index (κ3) is 3.54. The summed E-state index contributed by atoms with van der Waals surface area (Å²) in [7, 11) is 0. The van der Waals surface area contributed by atoms with Crippen molar-refractivity contribution in [2.45, 2.75) is 19.4 Å². The number of fused-ring (bicyclic) bond motifs is 2. The lowest BCUT2D eigenvalue weighted by Crippen LogP contribution is -2.26. The molecule has 1 aliphatic rings.